The molecule has 4 heteroatoms. The Morgan fingerprint density at radius 2 is 1.95 bits per heavy atom. The molecule has 0 fully saturated rings. The number of hydrogen-bond acceptors (Lipinski definition) is 3. The van der Waals surface area contributed by atoms with Crippen molar-refractivity contribution in [3.8, 4) is 0 Å². The molecule has 110 valence electrons. The van der Waals surface area contributed by atoms with Gasteiger partial charge in [-0.15, -0.1) is 0 Å². The lowest BCUT2D eigenvalue weighted by molar-refractivity contribution is 0.717. The summed E-state index contributed by atoms with van der Waals surface area (Å²) in [6, 6.07) is 8.64. The van der Waals surface area contributed by atoms with Crippen LogP contribution in [0.5, 0.6) is 0 Å². The Bertz CT molecular complexity index is 773. The van der Waals surface area contributed by atoms with Gasteiger partial charge in [-0.2, -0.15) is 0 Å². The van der Waals surface area contributed by atoms with Crippen molar-refractivity contribution in [3.63, 3.8) is 0 Å². The molecule has 0 aliphatic carbocycles. The highest BCUT2D eigenvalue weighted by molar-refractivity contribution is 6.03. The lowest BCUT2D eigenvalue weighted by atomic mass is 10.0. The molecule has 0 bridgehead atoms. The average molecular weight is 282 g/mol. The maximum atomic E-state index is 4.86. The molecule has 1 atom stereocenters. The van der Waals surface area contributed by atoms with Crippen molar-refractivity contribution in [2.75, 3.05) is 5.43 Å². The van der Waals surface area contributed by atoms with E-state index in [1.54, 1.807) is 0 Å². The molecular formula is C17H22N4. The van der Waals surface area contributed by atoms with Crippen molar-refractivity contribution < 1.29 is 0 Å². The molecular weight excluding hydrogens is 260 g/mol. The minimum atomic E-state index is 0.348. The van der Waals surface area contributed by atoms with E-state index in [1.807, 2.05) is 17.1 Å². The van der Waals surface area contributed by atoms with Crippen LogP contribution in [0.4, 0.5) is 0 Å². The average Bonchev–Trinajstić information content (AvgIpc) is 2.89. The minimum absolute atomic E-state index is 0.348. The first-order chi connectivity index (χ1) is 10.1. The maximum Gasteiger partial charge on any atom is 0.115 e. The normalized spacial score (nSPS) is 13.2. The second-order valence-corrected chi connectivity index (χ2v) is 5.92. The van der Waals surface area contributed by atoms with Gasteiger partial charge in [0.25, 0.3) is 0 Å². The number of aromatic nitrogens is 3. The van der Waals surface area contributed by atoms with Crippen LogP contribution in [0.15, 0.2) is 30.6 Å². The van der Waals surface area contributed by atoms with Crippen molar-refractivity contribution in [2.45, 2.75) is 46.1 Å². The van der Waals surface area contributed by atoms with Crippen molar-refractivity contribution in [2.24, 2.45) is 0 Å². The van der Waals surface area contributed by atoms with Crippen molar-refractivity contribution in [1.82, 2.24) is 14.6 Å². The van der Waals surface area contributed by atoms with E-state index in [2.05, 4.69) is 56.3 Å². The lowest BCUT2D eigenvalue weighted by Gasteiger charge is -2.15. The van der Waals surface area contributed by atoms with E-state index in [1.165, 1.54) is 0 Å². The number of nitrogens with zero attached hydrogens (tertiary/aromatic N) is 3. The monoisotopic (exact) mass is 282 g/mol. The predicted octanol–water partition coefficient (Wildman–Crippen LogP) is 4.05. The zero-order chi connectivity index (χ0) is 15.0. The number of hydrogen-bond donors (Lipinski definition) is 1. The number of para-hydroxylation sites is 1. The zero-order valence-corrected chi connectivity index (χ0v) is 13.1. The lowest BCUT2D eigenvalue weighted by Crippen LogP contribution is -2.21. The molecule has 2 heterocycles. The second-order valence-electron chi connectivity index (χ2n) is 5.92. The third-order valence-electron chi connectivity index (χ3n) is 3.89. The summed E-state index contributed by atoms with van der Waals surface area (Å²) in [4.78, 5) is 9.49. The summed E-state index contributed by atoms with van der Waals surface area (Å²) in [5.41, 5.74) is 7.70. The van der Waals surface area contributed by atoms with Crippen LogP contribution in [0.1, 0.15) is 45.7 Å². The molecule has 0 aliphatic heterocycles. The van der Waals surface area contributed by atoms with Gasteiger partial charge in [-0.1, -0.05) is 32.0 Å². The highest BCUT2D eigenvalue weighted by atomic mass is 15.4. The molecule has 0 saturated heterocycles. The third-order valence-corrected chi connectivity index (χ3v) is 3.89. The zero-order valence-electron chi connectivity index (χ0n) is 13.1. The highest BCUT2D eigenvalue weighted by Crippen LogP contribution is 2.30. The molecule has 21 heavy (non-hydrogen) atoms. The van der Waals surface area contributed by atoms with Gasteiger partial charge in [-0.25, -0.2) is 9.66 Å². The quantitative estimate of drug-likeness (QED) is 0.785. The highest BCUT2D eigenvalue weighted by Gasteiger charge is 2.17. The number of fused-ring (bicyclic) bond motifs is 3. The molecule has 4 nitrogen and oxygen atoms in total. The third kappa shape index (κ3) is 2.35. The molecule has 0 spiro atoms. The van der Waals surface area contributed by atoms with E-state index in [0.717, 1.165) is 34.1 Å². The van der Waals surface area contributed by atoms with Gasteiger partial charge in [0.15, 0.2) is 0 Å². The molecule has 3 aromatic rings. The Hall–Kier alpha value is -2.10. The molecule has 1 aromatic carbocycles. The standard InChI is InChI=1S/C17H22N4/c1-5-12(4)15-16-17(21(10-18-16)20-11(2)3)13-8-6-7-9-14(13)19-15/h6-12,20H,5H2,1-4H3. The smallest absolute Gasteiger partial charge is 0.115 e. The second kappa shape index (κ2) is 5.35. The molecule has 0 saturated carbocycles. The largest absolute Gasteiger partial charge is 0.322 e. The first kappa shape index (κ1) is 13.9. The van der Waals surface area contributed by atoms with E-state index in [4.69, 9.17) is 4.98 Å². The van der Waals surface area contributed by atoms with Crippen molar-refractivity contribution in [1.29, 1.82) is 0 Å². The van der Waals surface area contributed by atoms with Crippen molar-refractivity contribution in [3.05, 3.63) is 36.3 Å². The number of benzene rings is 1. The van der Waals surface area contributed by atoms with Gasteiger partial charge in [0.2, 0.25) is 0 Å². The van der Waals surface area contributed by atoms with E-state index in [9.17, 15) is 0 Å². The Morgan fingerprint density at radius 3 is 2.67 bits per heavy atom. The Kier molecular flexibility index (Phi) is 3.53. The maximum absolute atomic E-state index is 4.86. The summed E-state index contributed by atoms with van der Waals surface area (Å²) in [7, 11) is 0. The molecule has 0 radical (unpaired) electrons. The van der Waals surface area contributed by atoms with Crippen LogP contribution in [-0.4, -0.2) is 20.7 Å². The van der Waals surface area contributed by atoms with Gasteiger partial charge in [0, 0.05) is 17.3 Å². The van der Waals surface area contributed by atoms with E-state index >= 15 is 0 Å². The van der Waals surface area contributed by atoms with Gasteiger partial charge in [0.1, 0.15) is 17.4 Å². The van der Waals surface area contributed by atoms with Gasteiger partial charge < -0.3 is 5.43 Å². The van der Waals surface area contributed by atoms with Gasteiger partial charge in [-0.05, 0) is 26.3 Å². The van der Waals surface area contributed by atoms with Crippen LogP contribution >= 0.6 is 0 Å². The first-order valence-electron chi connectivity index (χ1n) is 7.64. The van der Waals surface area contributed by atoms with Crippen LogP contribution in [0.25, 0.3) is 21.9 Å². The Morgan fingerprint density at radius 1 is 1.19 bits per heavy atom. The van der Waals surface area contributed by atoms with E-state index in [0.29, 0.717) is 12.0 Å². The number of pyridine rings is 1. The molecule has 1 N–H and O–H groups in total. The Balaban J connectivity index is 2.36. The number of imidazole rings is 1. The molecule has 3 rings (SSSR count). The summed E-state index contributed by atoms with van der Waals surface area (Å²) in [5.74, 6) is 0.402. The summed E-state index contributed by atoms with van der Waals surface area (Å²) in [6.07, 6.45) is 2.93. The van der Waals surface area contributed by atoms with Crippen molar-refractivity contribution >= 4 is 21.9 Å². The van der Waals surface area contributed by atoms with Crippen LogP contribution in [0.2, 0.25) is 0 Å². The van der Waals surface area contributed by atoms with Gasteiger partial charge >= 0.3 is 0 Å². The fraction of sp³-hybridized carbons (Fsp3) is 0.412. The number of rotatable bonds is 4. The summed E-state index contributed by atoms with van der Waals surface area (Å²) >= 11 is 0. The predicted molar refractivity (Wildman–Crippen MR) is 88.2 cm³/mol. The first-order valence-corrected chi connectivity index (χ1v) is 7.64. The molecule has 0 amide bonds. The van der Waals surface area contributed by atoms with Gasteiger partial charge in [0.05, 0.1) is 11.2 Å². The molecule has 1 unspecified atom stereocenters. The summed E-state index contributed by atoms with van der Waals surface area (Å²) < 4.78 is 2.04. The summed E-state index contributed by atoms with van der Waals surface area (Å²) in [5, 5.41) is 1.14. The minimum Gasteiger partial charge on any atom is -0.322 e. The SMILES string of the molecule is CCC(C)c1nc2ccccc2c2c1ncn2NC(C)C. The molecule has 2 aromatic heterocycles. The van der Waals surface area contributed by atoms with Crippen LogP contribution in [0.3, 0.4) is 0 Å². The summed E-state index contributed by atoms with van der Waals surface area (Å²) in [6.45, 7) is 8.66. The topological polar surface area (TPSA) is 42.7 Å². The molecule has 0 aliphatic rings. The van der Waals surface area contributed by atoms with Crippen LogP contribution < -0.4 is 5.43 Å². The Labute approximate surface area is 125 Å². The van der Waals surface area contributed by atoms with Gasteiger partial charge in [-0.3, -0.25) is 4.98 Å². The fourth-order valence-electron chi connectivity index (χ4n) is 2.66. The van der Waals surface area contributed by atoms with Crippen LogP contribution in [0, 0.1) is 0 Å². The van der Waals surface area contributed by atoms with Crippen LogP contribution in [-0.2, 0) is 0 Å². The van der Waals surface area contributed by atoms with E-state index in [-0.39, 0.29) is 0 Å². The fourth-order valence-corrected chi connectivity index (χ4v) is 2.66. The van der Waals surface area contributed by atoms with E-state index < -0.39 is 0 Å². The number of nitrogens with one attached hydrogen (secondary N) is 1.